The molecule has 0 saturated carbocycles. The third-order valence-corrected chi connectivity index (χ3v) is 3.88. The number of anilines is 1. The second-order valence-electron chi connectivity index (χ2n) is 2.98. The Hall–Kier alpha value is -0.820. The Kier molecular flexibility index (Phi) is 2.83. The number of hydrogen-bond acceptors (Lipinski definition) is 4. The van der Waals surface area contributed by atoms with Gasteiger partial charge in [0.25, 0.3) is 0 Å². The molecule has 2 rings (SSSR count). The van der Waals surface area contributed by atoms with E-state index in [4.69, 9.17) is 5.73 Å². The molecule has 1 aromatic carbocycles. The van der Waals surface area contributed by atoms with Crippen LogP contribution in [0.4, 0.5) is 5.69 Å². The van der Waals surface area contributed by atoms with Crippen LogP contribution < -0.4 is 5.73 Å². The summed E-state index contributed by atoms with van der Waals surface area (Å²) in [4.78, 5) is 11.9. The van der Waals surface area contributed by atoms with Crippen molar-refractivity contribution >= 4 is 55.7 Å². The highest BCUT2D eigenvalue weighted by Crippen LogP contribution is 2.34. The van der Waals surface area contributed by atoms with Gasteiger partial charge in [0, 0.05) is 13.7 Å². The number of nitrogens with two attached hydrogens (primary N) is 1. The van der Waals surface area contributed by atoms with Crippen LogP contribution in [0.25, 0.3) is 10.1 Å². The van der Waals surface area contributed by atoms with E-state index in [1.54, 1.807) is 0 Å². The minimum absolute atomic E-state index is 0.372. The largest absolute Gasteiger partial charge is 0.465 e. The maximum absolute atomic E-state index is 11.4. The molecule has 0 saturated heterocycles. The molecule has 2 N–H and O–H groups in total. The first-order valence-electron chi connectivity index (χ1n) is 4.19. The summed E-state index contributed by atoms with van der Waals surface area (Å²) < 4.78 is 6.80. The fourth-order valence-corrected chi connectivity index (χ4v) is 3.12. The Bertz CT molecular complexity index is 535. The van der Waals surface area contributed by atoms with E-state index < -0.39 is 0 Å². The van der Waals surface area contributed by atoms with Gasteiger partial charge in [-0.3, -0.25) is 0 Å². The highest BCUT2D eigenvalue weighted by Gasteiger charge is 2.16. The molecule has 0 aliphatic rings. The van der Waals surface area contributed by atoms with E-state index in [1.165, 1.54) is 18.4 Å². The molecule has 15 heavy (non-hydrogen) atoms. The molecule has 0 spiro atoms. The number of hydrogen-bond donors (Lipinski definition) is 1. The van der Waals surface area contributed by atoms with Crippen LogP contribution in [0.1, 0.15) is 9.67 Å². The van der Waals surface area contributed by atoms with Gasteiger partial charge in [0.2, 0.25) is 0 Å². The molecule has 78 valence electrons. The number of rotatable bonds is 1. The van der Waals surface area contributed by atoms with Gasteiger partial charge in [-0.25, -0.2) is 4.79 Å². The SMILES string of the molecule is COC(=O)c1sc2cc(I)ccc2c1N. The molecule has 0 fully saturated rings. The minimum atomic E-state index is -0.372. The van der Waals surface area contributed by atoms with Crippen molar-refractivity contribution in [3.05, 3.63) is 26.6 Å². The molecule has 1 heterocycles. The van der Waals surface area contributed by atoms with Crippen molar-refractivity contribution in [2.75, 3.05) is 12.8 Å². The smallest absolute Gasteiger partial charge is 0.350 e. The molecule has 1 aromatic heterocycles. The van der Waals surface area contributed by atoms with E-state index in [0.717, 1.165) is 13.7 Å². The zero-order valence-corrected chi connectivity index (χ0v) is 10.9. The number of halogens is 1. The van der Waals surface area contributed by atoms with E-state index >= 15 is 0 Å². The second-order valence-corrected chi connectivity index (χ2v) is 5.27. The van der Waals surface area contributed by atoms with Gasteiger partial charge in [0.15, 0.2) is 0 Å². The molecular formula is C10H8INO2S. The number of nitrogen functional groups attached to an aromatic ring is 1. The number of esters is 1. The summed E-state index contributed by atoms with van der Waals surface area (Å²) in [5, 5.41) is 0.917. The van der Waals surface area contributed by atoms with Crippen LogP contribution in [0, 0.1) is 3.57 Å². The molecule has 5 heteroatoms. The van der Waals surface area contributed by atoms with Crippen LogP contribution in [0.5, 0.6) is 0 Å². The predicted molar refractivity (Wildman–Crippen MR) is 70.3 cm³/mol. The fourth-order valence-electron chi connectivity index (χ4n) is 1.33. The number of thiophene rings is 1. The monoisotopic (exact) mass is 333 g/mol. The fraction of sp³-hybridized carbons (Fsp3) is 0.100. The van der Waals surface area contributed by atoms with Crippen molar-refractivity contribution in [3.63, 3.8) is 0 Å². The minimum Gasteiger partial charge on any atom is -0.465 e. The lowest BCUT2D eigenvalue weighted by Gasteiger charge is -1.95. The third-order valence-electron chi connectivity index (χ3n) is 2.06. The Morgan fingerprint density at radius 2 is 2.27 bits per heavy atom. The quantitative estimate of drug-likeness (QED) is 0.645. The molecule has 0 bridgehead atoms. The first-order valence-corrected chi connectivity index (χ1v) is 6.09. The summed E-state index contributed by atoms with van der Waals surface area (Å²) in [5.74, 6) is -0.372. The Balaban J connectivity index is 2.69. The molecule has 0 aliphatic carbocycles. The van der Waals surface area contributed by atoms with Gasteiger partial charge in [-0.2, -0.15) is 0 Å². The molecule has 3 nitrogen and oxygen atoms in total. The predicted octanol–water partition coefficient (Wildman–Crippen LogP) is 2.87. The first kappa shape index (κ1) is 10.7. The highest BCUT2D eigenvalue weighted by molar-refractivity contribution is 14.1. The van der Waals surface area contributed by atoms with E-state index in [2.05, 4.69) is 27.3 Å². The molecule has 2 aromatic rings. The number of carbonyl (C=O) groups is 1. The molecule has 0 aliphatic heterocycles. The van der Waals surface area contributed by atoms with Crippen LogP contribution in [0.3, 0.4) is 0 Å². The molecular weight excluding hydrogens is 325 g/mol. The number of benzene rings is 1. The van der Waals surface area contributed by atoms with Crippen LogP contribution in [0.15, 0.2) is 18.2 Å². The zero-order chi connectivity index (χ0) is 11.0. The van der Waals surface area contributed by atoms with Gasteiger partial charge >= 0.3 is 5.97 Å². The van der Waals surface area contributed by atoms with Gasteiger partial charge < -0.3 is 10.5 Å². The van der Waals surface area contributed by atoms with Crippen molar-refractivity contribution in [2.24, 2.45) is 0 Å². The summed E-state index contributed by atoms with van der Waals surface area (Å²) in [5.41, 5.74) is 6.38. The second kappa shape index (κ2) is 3.97. The Morgan fingerprint density at radius 3 is 2.93 bits per heavy atom. The van der Waals surface area contributed by atoms with Gasteiger partial charge in [-0.15, -0.1) is 11.3 Å². The van der Waals surface area contributed by atoms with Crippen LogP contribution in [-0.2, 0) is 4.74 Å². The van der Waals surface area contributed by atoms with Gasteiger partial charge in [-0.1, -0.05) is 6.07 Å². The number of ether oxygens (including phenoxy) is 1. The summed E-state index contributed by atoms with van der Waals surface area (Å²) in [6.07, 6.45) is 0. The normalized spacial score (nSPS) is 10.5. The summed E-state index contributed by atoms with van der Waals surface area (Å²) in [6.45, 7) is 0. The average Bonchev–Trinajstić information content (AvgIpc) is 2.54. The zero-order valence-electron chi connectivity index (χ0n) is 7.91. The van der Waals surface area contributed by atoms with Crippen molar-refractivity contribution in [1.29, 1.82) is 0 Å². The maximum atomic E-state index is 11.4. The average molecular weight is 333 g/mol. The van der Waals surface area contributed by atoms with Crippen molar-refractivity contribution in [1.82, 2.24) is 0 Å². The first-order chi connectivity index (χ1) is 7.13. The lowest BCUT2D eigenvalue weighted by molar-refractivity contribution is 0.0607. The third kappa shape index (κ3) is 1.81. The van der Waals surface area contributed by atoms with Gasteiger partial charge in [0.05, 0.1) is 12.8 Å². The van der Waals surface area contributed by atoms with Crippen molar-refractivity contribution in [2.45, 2.75) is 0 Å². The van der Waals surface area contributed by atoms with Gasteiger partial charge in [-0.05, 0) is 34.7 Å². The van der Waals surface area contributed by atoms with Crippen LogP contribution in [0.2, 0.25) is 0 Å². The number of fused-ring (bicyclic) bond motifs is 1. The standard InChI is InChI=1S/C10H8INO2S/c1-14-10(13)9-8(12)6-3-2-5(11)4-7(6)15-9/h2-4H,12H2,1H3. The molecule has 0 atom stereocenters. The molecule has 0 unspecified atom stereocenters. The summed E-state index contributed by atoms with van der Waals surface area (Å²) in [7, 11) is 1.36. The number of methoxy groups -OCH3 is 1. The number of carbonyl (C=O) groups excluding carboxylic acids is 1. The van der Waals surface area contributed by atoms with Crippen LogP contribution >= 0.6 is 33.9 Å². The van der Waals surface area contributed by atoms with E-state index in [1.807, 2.05) is 18.2 Å². The van der Waals surface area contributed by atoms with Crippen molar-refractivity contribution in [3.8, 4) is 0 Å². The lowest BCUT2D eigenvalue weighted by Crippen LogP contribution is -2.01. The topological polar surface area (TPSA) is 52.3 Å². The highest BCUT2D eigenvalue weighted by atomic mass is 127. The van der Waals surface area contributed by atoms with Gasteiger partial charge in [0.1, 0.15) is 4.88 Å². The Morgan fingerprint density at radius 1 is 1.53 bits per heavy atom. The van der Waals surface area contributed by atoms with Crippen molar-refractivity contribution < 1.29 is 9.53 Å². The lowest BCUT2D eigenvalue weighted by atomic mass is 10.2. The van der Waals surface area contributed by atoms with E-state index in [-0.39, 0.29) is 5.97 Å². The molecule has 0 amide bonds. The van der Waals surface area contributed by atoms with Crippen LogP contribution in [-0.4, -0.2) is 13.1 Å². The molecule has 0 radical (unpaired) electrons. The van der Waals surface area contributed by atoms with E-state index in [0.29, 0.717) is 10.6 Å². The summed E-state index contributed by atoms with van der Waals surface area (Å²) >= 11 is 3.59. The van der Waals surface area contributed by atoms with E-state index in [9.17, 15) is 4.79 Å². The summed E-state index contributed by atoms with van der Waals surface area (Å²) in [6, 6.07) is 5.89. The maximum Gasteiger partial charge on any atom is 0.350 e. The Labute approximate surface area is 104 Å².